The van der Waals surface area contributed by atoms with Gasteiger partial charge in [0.25, 0.3) is 0 Å². The SMILES string of the molecule is Oc1ccc2cc3c(cc2c1)oc1ccc2ccccc2c13. The van der Waals surface area contributed by atoms with Gasteiger partial charge in [0, 0.05) is 10.8 Å². The number of phenols is 1. The third-order valence-corrected chi connectivity index (χ3v) is 4.30. The lowest BCUT2D eigenvalue weighted by molar-refractivity contribution is 0.476. The highest BCUT2D eigenvalue weighted by Crippen LogP contribution is 2.37. The summed E-state index contributed by atoms with van der Waals surface area (Å²) < 4.78 is 6.03. The molecule has 0 radical (unpaired) electrons. The number of benzene rings is 4. The van der Waals surface area contributed by atoms with Crippen LogP contribution in [0.1, 0.15) is 0 Å². The van der Waals surface area contributed by atoms with E-state index in [4.69, 9.17) is 4.42 Å². The molecule has 0 bridgehead atoms. The molecule has 104 valence electrons. The quantitative estimate of drug-likeness (QED) is 0.401. The lowest BCUT2D eigenvalue weighted by Crippen LogP contribution is -1.75. The van der Waals surface area contributed by atoms with E-state index in [9.17, 15) is 5.11 Å². The van der Waals surface area contributed by atoms with Gasteiger partial charge in [0.15, 0.2) is 0 Å². The molecule has 1 heterocycles. The first-order valence-electron chi connectivity index (χ1n) is 7.26. The van der Waals surface area contributed by atoms with Crippen LogP contribution in [0, 0.1) is 0 Å². The Morgan fingerprint density at radius 2 is 1.50 bits per heavy atom. The second-order valence-electron chi connectivity index (χ2n) is 5.64. The minimum atomic E-state index is 0.272. The molecular formula is C20H12O2. The fourth-order valence-electron chi connectivity index (χ4n) is 3.28. The number of hydrogen-bond acceptors (Lipinski definition) is 2. The fraction of sp³-hybridized carbons (Fsp3) is 0. The summed E-state index contributed by atoms with van der Waals surface area (Å²) in [6, 6.07) is 22.0. The van der Waals surface area contributed by atoms with Crippen LogP contribution in [-0.2, 0) is 0 Å². The summed E-state index contributed by atoms with van der Waals surface area (Å²) in [7, 11) is 0. The van der Waals surface area contributed by atoms with Crippen molar-refractivity contribution < 1.29 is 9.52 Å². The third-order valence-electron chi connectivity index (χ3n) is 4.30. The molecule has 0 saturated carbocycles. The summed E-state index contributed by atoms with van der Waals surface area (Å²) in [6.07, 6.45) is 0. The van der Waals surface area contributed by atoms with E-state index < -0.39 is 0 Å². The van der Waals surface area contributed by atoms with Crippen LogP contribution < -0.4 is 0 Å². The summed E-state index contributed by atoms with van der Waals surface area (Å²) in [4.78, 5) is 0. The molecule has 0 saturated heterocycles. The highest BCUT2D eigenvalue weighted by atomic mass is 16.3. The molecule has 0 aliphatic carbocycles. The van der Waals surface area contributed by atoms with Crippen molar-refractivity contribution in [1.29, 1.82) is 0 Å². The molecule has 1 N–H and O–H groups in total. The Morgan fingerprint density at radius 1 is 0.636 bits per heavy atom. The Kier molecular flexibility index (Phi) is 2.12. The minimum absolute atomic E-state index is 0.272. The lowest BCUT2D eigenvalue weighted by Gasteiger charge is -2.00. The topological polar surface area (TPSA) is 33.4 Å². The molecule has 0 aliphatic heterocycles. The van der Waals surface area contributed by atoms with E-state index >= 15 is 0 Å². The number of hydrogen-bond donors (Lipinski definition) is 1. The third kappa shape index (κ3) is 1.49. The molecule has 2 nitrogen and oxygen atoms in total. The predicted molar refractivity (Wildman–Crippen MR) is 90.4 cm³/mol. The molecule has 0 spiro atoms. The maximum Gasteiger partial charge on any atom is 0.136 e. The lowest BCUT2D eigenvalue weighted by atomic mass is 10.0. The van der Waals surface area contributed by atoms with Crippen molar-refractivity contribution in [3.05, 3.63) is 66.7 Å². The fourth-order valence-corrected chi connectivity index (χ4v) is 3.28. The highest BCUT2D eigenvalue weighted by Gasteiger charge is 2.11. The normalized spacial score (nSPS) is 11.8. The Hall–Kier alpha value is -3.00. The zero-order chi connectivity index (χ0) is 14.7. The van der Waals surface area contributed by atoms with Crippen molar-refractivity contribution >= 4 is 43.5 Å². The summed E-state index contributed by atoms with van der Waals surface area (Å²) in [5, 5.41) is 16.4. The van der Waals surface area contributed by atoms with Gasteiger partial charge in [-0.1, -0.05) is 36.4 Å². The van der Waals surface area contributed by atoms with Gasteiger partial charge in [0.05, 0.1) is 0 Å². The van der Waals surface area contributed by atoms with E-state index in [-0.39, 0.29) is 5.75 Å². The highest BCUT2D eigenvalue weighted by molar-refractivity contribution is 6.20. The Balaban J connectivity index is 2.04. The average Bonchev–Trinajstić information content (AvgIpc) is 2.90. The zero-order valence-electron chi connectivity index (χ0n) is 11.7. The maximum absolute atomic E-state index is 9.65. The minimum Gasteiger partial charge on any atom is -0.508 e. The van der Waals surface area contributed by atoms with Crippen LogP contribution in [-0.4, -0.2) is 5.11 Å². The van der Waals surface area contributed by atoms with Gasteiger partial charge in [-0.2, -0.15) is 0 Å². The number of phenolic OH excluding ortho intramolecular Hbond substituents is 1. The molecule has 0 atom stereocenters. The van der Waals surface area contributed by atoms with Crippen molar-refractivity contribution in [2.45, 2.75) is 0 Å². The van der Waals surface area contributed by atoms with Crippen molar-refractivity contribution in [2.75, 3.05) is 0 Å². The number of furan rings is 1. The molecule has 5 rings (SSSR count). The van der Waals surface area contributed by atoms with Crippen LogP contribution in [0.5, 0.6) is 5.75 Å². The molecule has 5 aromatic rings. The molecule has 0 aliphatic rings. The van der Waals surface area contributed by atoms with E-state index in [1.807, 2.05) is 18.2 Å². The monoisotopic (exact) mass is 284 g/mol. The molecule has 1 aromatic heterocycles. The smallest absolute Gasteiger partial charge is 0.136 e. The number of aromatic hydroxyl groups is 1. The maximum atomic E-state index is 9.65. The van der Waals surface area contributed by atoms with Crippen LogP contribution >= 0.6 is 0 Å². The predicted octanol–water partition coefficient (Wildman–Crippen LogP) is 5.60. The molecule has 22 heavy (non-hydrogen) atoms. The first-order valence-corrected chi connectivity index (χ1v) is 7.26. The zero-order valence-corrected chi connectivity index (χ0v) is 11.7. The van der Waals surface area contributed by atoms with E-state index in [1.54, 1.807) is 12.1 Å². The molecule has 4 aromatic carbocycles. The first kappa shape index (κ1) is 11.6. The summed E-state index contributed by atoms with van der Waals surface area (Å²) in [5.74, 6) is 0.272. The van der Waals surface area contributed by atoms with Crippen LogP contribution in [0.2, 0.25) is 0 Å². The Labute approximate surface area is 126 Å². The van der Waals surface area contributed by atoms with Crippen LogP contribution in [0.15, 0.2) is 71.1 Å². The van der Waals surface area contributed by atoms with Gasteiger partial charge < -0.3 is 9.52 Å². The van der Waals surface area contributed by atoms with Gasteiger partial charge in [-0.25, -0.2) is 0 Å². The second-order valence-corrected chi connectivity index (χ2v) is 5.64. The Bertz CT molecular complexity index is 1180. The first-order chi connectivity index (χ1) is 10.8. The van der Waals surface area contributed by atoms with Gasteiger partial charge in [-0.05, 0) is 51.9 Å². The van der Waals surface area contributed by atoms with Gasteiger partial charge in [-0.3, -0.25) is 0 Å². The van der Waals surface area contributed by atoms with Gasteiger partial charge >= 0.3 is 0 Å². The van der Waals surface area contributed by atoms with Crippen molar-refractivity contribution in [2.24, 2.45) is 0 Å². The molecule has 2 heteroatoms. The van der Waals surface area contributed by atoms with Crippen molar-refractivity contribution in [3.63, 3.8) is 0 Å². The van der Waals surface area contributed by atoms with Crippen molar-refractivity contribution in [3.8, 4) is 5.75 Å². The molecule has 0 fully saturated rings. The van der Waals surface area contributed by atoms with Crippen molar-refractivity contribution in [1.82, 2.24) is 0 Å². The van der Waals surface area contributed by atoms with Gasteiger partial charge in [0.2, 0.25) is 0 Å². The number of rotatable bonds is 0. The van der Waals surface area contributed by atoms with E-state index in [1.165, 1.54) is 10.8 Å². The summed E-state index contributed by atoms with van der Waals surface area (Å²) in [6.45, 7) is 0. The van der Waals surface area contributed by atoms with E-state index in [2.05, 4.69) is 36.4 Å². The average molecular weight is 284 g/mol. The standard InChI is InChI=1S/C20H12O2/c21-15-7-5-13-10-17-19(11-14(13)9-15)22-18-8-6-12-3-1-2-4-16(12)20(17)18/h1-11,21H. The molecule has 0 amide bonds. The molecular weight excluding hydrogens is 272 g/mol. The van der Waals surface area contributed by atoms with Crippen LogP contribution in [0.3, 0.4) is 0 Å². The van der Waals surface area contributed by atoms with Crippen LogP contribution in [0.4, 0.5) is 0 Å². The molecule has 0 unspecified atom stereocenters. The summed E-state index contributed by atoms with van der Waals surface area (Å²) >= 11 is 0. The second kappa shape index (κ2) is 4.01. The largest absolute Gasteiger partial charge is 0.508 e. The summed E-state index contributed by atoms with van der Waals surface area (Å²) in [5.41, 5.74) is 1.75. The van der Waals surface area contributed by atoms with Crippen LogP contribution in [0.25, 0.3) is 43.5 Å². The number of fused-ring (bicyclic) bond motifs is 6. The van der Waals surface area contributed by atoms with Gasteiger partial charge in [-0.15, -0.1) is 0 Å². The van der Waals surface area contributed by atoms with E-state index in [0.717, 1.165) is 32.7 Å². The van der Waals surface area contributed by atoms with Gasteiger partial charge in [0.1, 0.15) is 16.9 Å². The van der Waals surface area contributed by atoms with E-state index in [0.29, 0.717) is 0 Å². The Morgan fingerprint density at radius 3 is 2.45 bits per heavy atom.